The Morgan fingerprint density at radius 2 is 1.77 bits per heavy atom. The molecule has 0 amide bonds. The van der Waals surface area contributed by atoms with Crippen molar-refractivity contribution in [3.63, 3.8) is 0 Å². The molecule has 138 valence electrons. The first-order valence-corrected chi connectivity index (χ1v) is 9.76. The average Bonchev–Trinajstić information content (AvgIpc) is 2.61. The predicted molar refractivity (Wildman–Crippen MR) is 103 cm³/mol. The molecule has 2 aromatic carbocycles. The van der Waals surface area contributed by atoms with Crippen LogP contribution in [0.15, 0.2) is 41.3 Å². The number of halogens is 2. The van der Waals surface area contributed by atoms with Gasteiger partial charge in [-0.05, 0) is 36.8 Å². The monoisotopic (exact) mass is 413 g/mol. The summed E-state index contributed by atoms with van der Waals surface area (Å²) in [6, 6.07) is 10.0. The number of benzene rings is 2. The fourth-order valence-electron chi connectivity index (χ4n) is 2.01. The van der Waals surface area contributed by atoms with Crippen LogP contribution in [0.4, 0.5) is 0 Å². The number of methoxy groups -OCH3 is 1. The summed E-state index contributed by atoms with van der Waals surface area (Å²) in [5.74, 6) is 6.59. The van der Waals surface area contributed by atoms with Gasteiger partial charge in [-0.1, -0.05) is 47.2 Å². The third-order valence-electron chi connectivity index (χ3n) is 3.35. The van der Waals surface area contributed by atoms with Crippen molar-refractivity contribution in [2.75, 3.05) is 20.3 Å². The van der Waals surface area contributed by atoms with E-state index in [0.29, 0.717) is 22.1 Å². The molecule has 0 atom stereocenters. The molecule has 0 saturated carbocycles. The minimum atomic E-state index is -3.78. The molecule has 0 unspecified atom stereocenters. The maximum absolute atomic E-state index is 12.3. The molecule has 0 aliphatic rings. The highest BCUT2D eigenvalue weighted by molar-refractivity contribution is 7.89. The highest BCUT2D eigenvalue weighted by atomic mass is 35.5. The second kappa shape index (κ2) is 9.15. The first-order valence-electron chi connectivity index (χ1n) is 7.52. The van der Waals surface area contributed by atoms with Crippen molar-refractivity contribution in [1.82, 2.24) is 4.72 Å². The van der Waals surface area contributed by atoms with Crippen molar-refractivity contribution < 1.29 is 17.9 Å². The van der Waals surface area contributed by atoms with E-state index in [1.807, 2.05) is 12.1 Å². The van der Waals surface area contributed by atoms with Gasteiger partial charge < -0.3 is 9.47 Å². The minimum absolute atomic E-state index is 0.0341. The van der Waals surface area contributed by atoms with Gasteiger partial charge in [0.1, 0.15) is 11.5 Å². The van der Waals surface area contributed by atoms with E-state index in [4.69, 9.17) is 32.7 Å². The van der Waals surface area contributed by atoms with Gasteiger partial charge in [0, 0.05) is 5.02 Å². The molecular weight excluding hydrogens is 397 g/mol. The summed E-state index contributed by atoms with van der Waals surface area (Å²) in [4.78, 5) is -0.0341. The number of sulfonamides is 1. The molecule has 0 bridgehead atoms. The number of hydrogen-bond acceptors (Lipinski definition) is 4. The number of hydrogen-bond donors (Lipinski definition) is 1. The largest absolute Gasteiger partial charge is 0.493 e. The Morgan fingerprint density at radius 1 is 1.08 bits per heavy atom. The molecule has 0 aliphatic heterocycles. The van der Waals surface area contributed by atoms with Gasteiger partial charge >= 0.3 is 0 Å². The van der Waals surface area contributed by atoms with Gasteiger partial charge in [-0.15, -0.1) is 0 Å². The van der Waals surface area contributed by atoms with E-state index in [1.54, 1.807) is 26.2 Å². The van der Waals surface area contributed by atoms with Crippen LogP contribution in [-0.4, -0.2) is 28.7 Å². The van der Waals surface area contributed by atoms with Crippen molar-refractivity contribution in [1.29, 1.82) is 0 Å². The molecule has 0 spiro atoms. The Balaban J connectivity index is 1.94. The third-order valence-corrected chi connectivity index (χ3v) is 5.62. The summed E-state index contributed by atoms with van der Waals surface area (Å²) in [6.45, 7) is 1.73. The van der Waals surface area contributed by atoms with E-state index in [2.05, 4.69) is 16.6 Å². The lowest BCUT2D eigenvalue weighted by atomic mass is 10.2. The second-order valence-electron chi connectivity index (χ2n) is 5.15. The van der Waals surface area contributed by atoms with Crippen molar-refractivity contribution in [3.05, 3.63) is 52.0 Å². The fourth-order valence-corrected chi connectivity index (χ4v) is 3.76. The Kier molecular flexibility index (Phi) is 7.18. The Bertz CT molecular complexity index is 949. The molecule has 0 aliphatic carbocycles. The van der Waals surface area contributed by atoms with Crippen molar-refractivity contribution >= 4 is 33.2 Å². The Labute approximate surface area is 163 Å². The SMILES string of the molecule is COc1ccccc1OCC#CCNS(=O)(=O)c1cc(C)c(Cl)cc1Cl. The lowest BCUT2D eigenvalue weighted by molar-refractivity contribution is 0.331. The fraction of sp³-hybridized carbons (Fsp3) is 0.222. The number of para-hydroxylation sites is 2. The topological polar surface area (TPSA) is 64.6 Å². The zero-order valence-corrected chi connectivity index (χ0v) is 16.5. The molecule has 2 aromatic rings. The van der Waals surface area contributed by atoms with Crippen molar-refractivity contribution in [3.8, 4) is 23.3 Å². The normalized spacial score (nSPS) is 10.8. The van der Waals surface area contributed by atoms with Crippen LogP contribution in [0.3, 0.4) is 0 Å². The van der Waals surface area contributed by atoms with Crippen LogP contribution in [0.5, 0.6) is 11.5 Å². The van der Waals surface area contributed by atoms with Crippen LogP contribution in [0.2, 0.25) is 10.0 Å². The van der Waals surface area contributed by atoms with Gasteiger partial charge in [0.25, 0.3) is 0 Å². The van der Waals surface area contributed by atoms with E-state index in [1.165, 1.54) is 12.1 Å². The zero-order chi connectivity index (χ0) is 19.2. The highest BCUT2D eigenvalue weighted by Gasteiger charge is 2.18. The molecule has 5 nitrogen and oxygen atoms in total. The molecule has 0 radical (unpaired) electrons. The summed E-state index contributed by atoms with van der Waals surface area (Å²) >= 11 is 11.9. The van der Waals surface area contributed by atoms with Crippen LogP contribution in [-0.2, 0) is 10.0 Å². The lowest BCUT2D eigenvalue weighted by Crippen LogP contribution is -2.24. The third kappa shape index (κ3) is 5.29. The van der Waals surface area contributed by atoms with Crippen molar-refractivity contribution in [2.24, 2.45) is 0 Å². The molecule has 2 rings (SSSR count). The quantitative estimate of drug-likeness (QED) is 0.733. The van der Waals surface area contributed by atoms with E-state index in [9.17, 15) is 8.42 Å². The van der Waals surface area contributed by atoms with Gasteiger partial charge in [0.15, 0.2) is 11.5 Å². The van der Waals surface area contributed by atoms with E-state index in [-0.39, 0.29) is 23.1 Å². The summed E-state index contributed by atoms with van der Waals surface area (Å²) in [6.07, 6.45) is 0. The Hall–Kier alpha value is -1.91. The minimum Gasteiger partial charge on any atom is -0.493 e. The summed E-state index contributed by atoms with van der Waals surface area (Å²) in [5, 5.41) is 0.461. The van der Waals surface area contributed by atoms with E-state index < -0.39 is 10.0 Å². The molecule has 26 heavy (non-hydrogen) atoms. The average molecular weight is 414 g/mol. The molecule has 8 heteroatoms. The van der Waals surface area contributed by atoms with Crippen LogP contribution in [0.25, 0.3) is 0 Å². The number of nitrogens with one attached hydrogen (secondary N) is 1. The predicted octanol–water partition coefficient (Wildman–Crippen LogP) is 3.67. The summed E-state index contributed by atoms with van der Waals surface area (Å²) in [7, 11) is -2.24. The van der Waals surface area contributed by atoms with Gasteiger partial charge in [-0.2, -0.15) is 4.72 Å². The number of rotatable bonds is 6. The standard InChI is InChI=1S/C18H17Cl2NO4S/c1-13-11-18(15(20)12-14(13)19)26(22,23)21-9-5-6-10-25-17-8-4-3-7-16(17)24-2/h3-4,7-8,11-12,21H,9-10H2,1-2H3. The molecular formula is C18H17Cl2NO4S. The molecule has 0 heterocycles. The lowest BCUT2D eigenvalue weighted by Gasteiger charge is -2.08. The van der Waals surface area contributed by atoms with Gasteiger partial charge in [-0.3, -0.25) is 0 Å². The zero-order valence-electron chi connectivity index (χ0n) is 14.2. The number of ether oxygens (including phenoxy) is 2. The summed E-state index contributed by atoms with van der Waals surface area (Å²) in [5.41, 5.74) is 0.618. The van der Waals surface area contributed by atoms with Crippen LogP contribution >= 0.6 is 23.2 Å². The van der Waals surface area contributed by atoms with Gasteiger partial charge in [0.05, 0.1) is 18.7 Å². The summed E-state index contributed by atoms with van der Waals surface area (Å²) < 4.78 is 37.6. The molecule has 0 aromatic heterocycles. The maximum Gasteiger partial charge on any atom is 0.242 e. The second-order valence-corrected chi connectivity index (χ2v) is 7.70. The van der Waals surface area contributed by atoms with Gasteiger partial charge in [0.2, 0.25) is 10.0 Å². The number of aryl methyl sites for hydroxylation is 1. The molecule has 0 saturated heterocycles. The first kappa shape index (κ1) is 20.4. The molecule has 1 N–H and O–H groups in total. The van der Waals surface area contributed by atoms with Gasteiger partial charge in [-0.25, -0.2) is 8.42 Å². The van der Waals surface area contributed by atoms with Crippen LogP contribution in [0, 0.1) is 18.8 Å². The van der Waals surface area contributed by atoms with Crippen LogP contribution < -0.4 is 14.2 Å². The van der Waals surface area contributed by atoms with Crippen LogP contribution in [0.1, 0.15) is 5.56 Å². The highest BCUT2D eigenvalue weighted by Crippen LogP contribution is 2.28. The smallest absolute Gasteiger partial charge is 0.242 e. The van der Waals surface area contributed by atoms with E-state index >= 15 is 0 Å². The maximum atomic E-state index is 12.3. The Morgan fingerprint density at radius 3 is 2.46 bits per heavy atom. The first-order chi connectivity index (χ1) is 12.3. The van der Waals surface area contributed by atoms with E-state index in [0.717, 1.165) is 0 Å². The van der Waals surface area contributed by atoms with Crippen molar-refractivity contribution in [2.45, 2.75) is 11.8 Å². The molecule has 0 fully saturated rings.